The van der Waals surface area contributed by atoms with Crippen LogP contribution in [-0.2, 0) is 4.74 Å². The maximum atomic E-state index is 5.37. The van der Waals surface area contributed by atoms with Gasteiger partial charge in [0.05, 0.1) is 26.4 Å². The van der Waals surface area contributed by atoms with Crippen LogP contribution in [0.5, 0.6) is 5.88 Å². The van der Waals surface area contributed by atoms with Crippen molar-refractivity contribution in [3.05, 3.63) is 18.3 Å². The second-order valence-corrected chi connectivity index (χ2v) is 5.26. The number of hydrogen-bond donors (Lipinski definition) is 0. The Bertz CT molecular complexity index is 436. The Morgan fingerprint density at radius 2 is 2.21 bits per heavy atom. The lowest BCUT2D eigenvalue weighted by atomic mass is 10.1. The molecule has 0 unspecified atom stereocenters. The molecule has 3 heterocycles. The van der Waals surface area contributed by atoms with Gasteiger partial charge in [0.25, 0.3) is 0 Å². The highest BCUT2D eigenvalue weighted by atomic mass is 16.5. The molecular weight excluding hydrogens is 242 g/mol. The third-order valence-corrected chi connectivity index (χ3v) is 4.05. The molecule has 0 bridgehead atoms. The summed E-state index contributed by atoms with van der Waals surface area (Å²) in [6, 6.07) is 5.15. The van der Waals surface area contributed by atoms with Crippen molar-refractivity contribution < 1.29 is 9.47 Å². The van der Waals surface area contributed by atoms with Crippen molar-refractivity contribution in [2.24, 2.45) is 0 Å². The third-order valence-electron chi connectivity index (χ3n) is 4.05. The smallest absolute Gasteiger partial charge is 0.237 e. The van der Waals surface area contributed by atoms with E-state index in [0.29, 0.717) is 12.1 Å². The Morgan fingerprint density at radius 1 is 1.37 bits per heavy atom. The van der Waals surface area contributed by atoms with Crippen LogP contribution in [0.3, 0.4) is 0 Å². The van der Waals surface area contributed by atoms with Crippen LogP contribution in [0.1, 0.15) is 6.92 Å². The van der Waals surface area contributed by atoms with Crippen molar-refractivity contribution >= 4 is 5.69 Å². The second-order valence-electron chi connectivity index (χ2n) is 5.26. The zero-order chi connectivity index (χ0) is 13.2. The summed E-state index contributed by atoms with van der Waals surface area (Å²) in [7, 11) is 1.68. The minimum atomic E-state index is 0.465. The standard InChI is InChI=1S/C14H21N3O2/c1-11-8-16(12-9-19-10-12)6-7-17(11)13-4-3-5-15-14(13)18-2/h3-5,11-12H,6-10H2,1-2H3/t11-/m0/s1. The first-order chi connectivity index (χ1) is 9.29. The lowest BCUT2D eigenvalue weighted by Crippen LogP contribution is -2.59. The summed E-state index contributed by atoms with van der Waals surface area (Å²) in [6.45, 7) is 7.21. The maximum absolute atomic E-state index is 5.37. The van der Waals surface area contributed by atoms with Crippen LogP contribution in [0.2, 0.25) is 0 Å². The second kappa shape index (κ2) is 5.35. The Hall–Kier alpha value is -1.33. The Morgan fingerprint density at radius 3 is 2.84 bits per heavy atom. The van der Waals surface area contributed by atoms with Gasteiger partial charge in [-0.2, -0.15) is 0 Å². The van der Waals surface area contributed by atoms with Crippen molar-refractivity contribution in [3.63, 3.8) is 0 Å². The SMILES string of the molecule is COc1ncccc1N1CCN(C2COC2)C[C@@H]1C. The molecule has 5 nitrogen and oxygen atoms in total. The number of hydrogen-bond acceptors (Lipinski definition) is 5. The minimum Gasteiger partial charge on any atom is -0.480 e. The largest absolute Gasteiger partial charge is 0.480 e. The summed E-state index contributed by atoms with van der Waals surface area (Å²) in [5, 5.41) is 0. The zero-order valence-electron chi connectivity index (χ0n) is 11.6. The fraction of sp³-hybridized carbons (Fsp3) is 0.643. The van der Waals surface area contributed by atoms with E-state index >= 15 is 0 Å². The van der Waals surface area contributed by atoms with E-state index in [4.69, 9.17) is 9.47 Å². The zero-order valence-corrected chi connectivity index (χ0v) is 11.6. The Balaban J connectivity index is 1.72. The molecule has 19 heavy (non-hydrogen) atoms. The summed E-state index contributed by atoms with van der Waals surface area (Å²) in [5.41, 5.74) is 1.10. The molecule has 0 saturated carbocycles. The maximum Gasteiger partial charge on any atom is 0.237 e. The first-order valence-corrected chi connectivity index (χ1v) is 6.87. The van der Waals surface area contributed by atoms with Crippen molar-refractivity contribution in [2.75, 3.05) is 44.9 Å². The molecule has 0 spiro atoms. The van der Waals surface area contributed by atoms with Gasteiger partial charge < -0.3 is 14.4 Å². The van der Waals surface area contributed by atoms with Gasteiger partial charge in [-0.3, -0.25) is 4.90 Å². The van der Waals surface area contributed by atoms with Gasteiger partial charge in [0.1, 0.15) is 5.69 Å². The summed E-state index contributed by atoms with van der Waals surface area (Å²) in [5.74, 6) is 0.717. The van der Waals surface area contributed by atoms with Crippen LogP contribution in [0.15, 0.2) is 18.3 Å². The van der Waals surface area contributed by atoms with E-state index in [1.54, 1.807) is 13.3 Å². The summed E-state index contributed by atoms with van der Waals surface area (Å²) < 4.78 is 10.7. The molecule has 0 N–H and O–H groups in total. The highest BCUT2D eigenvalue weighted by Gasteiger charge is 2.32. The lowest BCUT2D eigenvalue weighted by Gasteiger charge is -2.46. The molecule has 1 atom stereocenters. The fourth-order valence-corrected chi connectivity index (χ4v) is 2.87. The van der Waals surface area contributed by atoms with Gasteiger partial charge in [-0.05, 0) is 19.1 Å². The number of aromatic nitrogens is 1. The van der Waals surface area contributed by atoms with Crippen molar-refractivity contribution in [1.29, 1.82) is 0 Å². The molecule has 0 aromatic carbocycles. The van der Waals surface area contributed by atoms with Crippen LogP contribution in [0.25, 0.3) is 0 Å². The van der Waals surface area contributed by atoms with E-state index in [9.17, 15) is 0 Å². The lowest BCUT2D eigenvalue weighted by molar-refractivity contribution is -0.0691. The number of anilines is 1. The highest BCUT2D eigenvalue weighted by molar-refractivity contribution is 5.55. The number of pyridine rings is 1. The van der Waals surface area contributed by atoms with Gasteiger partial charge in [0.2, 0.25) is 5.88 Å². The van der Waals surface area contributed by atoms with E-state index in [1.807, 2.05) is 6.07 Å². The van der Waals surface area contributed by atoms with E-state index in [2.05, 4.69) is 27.8 Å². The molecule has 104 valence electrons. The van der Waals surface area contributed by atoms with Gasteiger partial charge in [-0.25, -0.2) is 4.98 Å². The number of piperazine rings is 1. The molecule has 3 rings (SSSR count). The Kier molecular flexibility index (Phi) is 3.57. The van der Waals surface area contributed by atoms with Crippen molar-refractivity contribution in [2.45, 2.75) is 19.0 Å². The molecule has 0 radical (unpaired) electrons. The minimum absolute atomic E-state index is 0.465. The van der Waals surface area contributed by atoms with Crippen LogP contribution in [-0.4, -0.2) is 61.9 Å². The van der Waals surface area contributed by atoms with Gasteiger partial charge in [-0.1, -0.05) is 0 Å². The van der Waals surface area contributed by atoms with Crippen molar-refractivity contribution in [3.8, 4) is 5.88 Å². The number of rotatable bonds is 3. The van der Waals surface area contributed by atoms with Gasteiger partial charge >= 0.3 is 0 Å². The summed E-state index contributed by atoms with van der Waals surface area (Å²) in [6.07, 6.45) is 1.77. The molecule has 2 aliphatic heterocycles. The van der Waals surface area contributed by atoms with Gasteiger partial charge in [0.15, 0.2) is 0 Å². The molecule has 2 saturated heterocycles. The molecule has 0 amide bonds. The quantitative estimate of drug-likeness (QED) is 0.813. The summed E-state index contributed by atoms with van der Waals surface area (Å²) in [4.78, 5) is 9.22. The number of methoxy groups -OCH3 is 1. The van der Waals surface area contributed by atoms with E-state index in [1.165, 1.54) is 0 Å². The van der Waals surface area contributed by atoms with Gasteiger partial charge in [-0.15, -0.1) is 0 Å². The topological polar surface area (TPSA) is 37.8 Å². The van der Waals surface area contributed by atoms with E-state index in [0.717, 1.165) is 44.4 Å². The predicted molar refractivity (Wildman–Crippen MR) is 73.8 cm³/mol. The van der Waals surface area contributed by atoms with Crippen molar-refractivity contribution in [1.82, 2.24) is 9.88 Å². The molecule has 2 fully saturated rings. The fourth-order valence-electron chi connectivity index (χ4n) is 2.87. The molecule has 1 aromatic heterocycles. The highest BCUT2D eigenvalue weighted by Crippen LogP contribution is 2.29. The monoisotopic (exact) mass is 263 g/mol. The molecule has 2 aliphatic rings. The normalized spacial score (nSPS) is 25.2. The first-order valence-electron chi connectivity index (χ1n) is 6.87. The van der Waals surface area contributed by atoms with Crippen LogP contribution in [0, 0.1) is 0 Å². The van der Waals surface area contributed by atoms with E-state index < -0.39 is 0 Å². The Labute approximate surface area is 114 Å². The molecular formula is C14H21N3O2. The third kappa shape index (κ3) is 2.40. The number of nitrogens with zero attached hydrogens (tertiary/aromatic N) is 3. The predicted octanol–water partition coefficient (Wildman–Crippen LogP) is 0.999. The summed E-state index contributed by atoms with van der Waals surface area (Å²) >= 11 is 0. The molecule has 5 heteroatoms. The average molecular weight is 263 g/mol. The van der Waals surface area contributed by atoms with Crippen LogP contribution >= 0.6 is 0 Å². The van der Waals surface area contributed by atoms with Gasteiger partial charge in [0, 0.05) is 31.9 Å². The molecule has 1 aromatic rings. The van der Waals surface area contributed by atoms with E-state index in [-0.39, 0.29) is 0 Å². The first kappa shape index (κ1) is 12.7. The van der Waals surface area contributed by atoms with Crippen LogP contribution in [0.4, 0.5) is 5.69 Å². The number of ether oxygens (including phenoxy) is 2. The molecule has 0 aliphatic carbocycles. The average Bonchev–Trinajstić information content (AvgIpc) is 2.37. The van der Waals surface area contributed by atoms with Crippen LogP contribution < -0.4 is 9.64 Å².